The van der Waals surface area contributed by atoms with Crippen molar-refractivity contribution in [3.05, 3.63) is 71.0 Å². The largest absolute Gasteiger partial charge is 0.348 e. The summed E-state index contributed by atoms with van der Waals surface area (Å²) < 4.78 is 13.0. The molecule has 27 heavy (non-hydrogen) atoms. The van der Waals surface area contributed by atoms with Crippen LogP contribution in [0.2, 0.25) is 0 Å². The summed E-state index contributed by atoms with van der Waals surface area (Å²) in [6, 6.07) is 13.1. The average molecular weight is 368 g/mol. The van der Waals surface area contributed by atoms with Crippen LogP contribution in [0.15, 0.2) is 48.5 Å². The number of hydrogen-bond donors (Lipinski definition) is 1. The Morgan fingerprint density at radius 3 is 2.30 bits per heavy atom. The Kier molecular flexibility index (Phi) is 6.22. The molecule has 2 amide bonds. The van der Waals surface area contributed by atoms with Crippen LogP contribution < -0.4 is 5.32 Å². The van der Waals surface area contributed by atoms with Crippen LogP contribution in [0.4, 0.5) is 4.39 Å². The molecule has 0 bridgehead atoms. The van der Waals surface area contributed by atoms with E-state index in [1.54, 1.807) is 41.3 Å². The number of benzene rings is 2. The van der Waals surface area contributed by atoms with Crippen LogP contribution in [0.3, 0.4) is 0 Å². The highest BCUT2D eigenvalue weighted by Gasteiger charge is 2.25. The van der Waals surface area contributed by atoms with Crippen molar-refractivity contribution >= 4 is 11.8 Å². The number of nitrogens with zero attached hydrogens (tertiary/aromatic N) is 1. The molecule has 0 radical (unpaired) electrons. The van der Waals surface area contributed by atoms with E-state index in [2.05, 4.69) is 5.32 Å². The van der Waals surface area contributed by atoms with E-state index >= 15 is 0 Å². The second-order valence-corrected chi connectivity index (χ2v) is 7.06. The minimum atomic E-state index is -0.313. The summed E-state index contributed by atoms with van der Waals surface area (Å²) in [5.41, 5.74) is 1.59. The maximum absolute atomic E-state index is 13.0. The first-order chi connectivity index (χ1) is 13.1. The second kappa shape index (κ2) is 8.80. The molecule has 1 saturated carbocycles. The Labute approximate surface area is 159 Å². The Morgan fingerprint density at radius 1 is 1.00 bits per heavy atom. The molecule has 2 aromatic rings. The molecule has 3 rings (SSSR count). The van der Waals surface area contributed by atoms with Crippen molar-refractivity contribution in [1.82, 2.24) is 10.2 Å². The normalized spacial score (nSPS) is 14.6. The molecule has 0 spiro atoms. The fourth-order valence-electron chi connectivity index (χ4n) is 3.57. The molecule has 0 aromatic heterocycles. The van der Waals surface area contributed by atoms with Crippen LogP contribution >= 0.6 is 0 Å². The van der Waals surface area contributed by atoms with E-state index in [0.29, 0.717) is 11.1 Å². The lowest BCUT2D eigenvalue weighted by Gasteiger charge is -2.31. The molecular weight excluding hydrogens is 343 g/mol. The predicted molar refractivity (Wildman–Crippen MR) is 103 cm³/mol. The van der Waals surface area contributed by atoms with Crippen LogP contribution in [0.25, 0.3) is 0 Å². The molecule has 0 unspecified atom stereocenters. The lowest BCUT2D eigenvalue weighted by molar-refractivity contribution is 0.0691. The second-order valence-electron chi connectivity index (χ2n) is 7.06. The van der Waals surface area contributed by atoms with Crippen LogP contribution in [0.1, 0.15) is 58.4 Å². The van der Waals surface area contributed by atoms with Crippen molar-refractivity contribution in [2.45, 2.75) is 44.7 Å². The number of amides is 2. The lowest BCUT2D eigenvalue weighted by atomic mass is 9.93. The van der Waals surface area contributed by atoms with Crippen molar-refractivity contribution in [1.29, 1.82) is 0 Å². The number of carbonyl (C=O) groups is 2. The van der Waals surface area contributed by atoms with Gasteiger partial charge in [-0.25, -0.2) is 4.39 Å². The first-order valence-electron chi connectivity index (χ1n) is 9.45. The third-order valence-electron chi connectivity index (χ3n) is 5.21. The summed E-state index contributed by atoms with van der Waals surface area (Å²) in [6.07, 6.45) is 5.54. The zero-order chi connectivity index (χ0) is 19.2. The lowest BCUT2D eigenvalue weighted by Crippen LogP contribution is -2.39. The summed E-state index contributed by atoms with van der Waals surface area (Å²) in [7, 11) is 1.82. The van der Waals surface area contributed by atoms with Gasteiger partial charge >= 0.3 is 0 Å². The van der Waals surface area contributed by atoms with Gasteiger partial charge in [-0.05, 0) is 42.7 Å². The maximum Gasteiger partial charge on any atom is 0.254 e. The average Bonchev–Trinajstić information content (AvgIpc) is 2.72. The maximum atomic E-state index is 13.0. The molecule has 142 valence electrons. The van der Waals surface area contributed by atoms with Crippen molar-refractivity contribution in [2.24, 2.45) is 0 Å². The minimum absolute atomic E-state index is 0.116. The van der Waals surface area contributed by atoms with Crippen LogP contribution in [0.5, 0.6) is 0 Å². The van der Waals surface area contributed by atoms with Gasteiger partial charge in [-0.2, -0.15) is 0 Å². The number of carbonyl (C=O) groups excluding carboxylic acids is 2. The third kappa shape index (κ3) is 4.73. The highest BCUT2D eigenvalue weighted by molar-refractivity contribution is 6.07. The molecule has 1 aliphatic rings. The number of rotatable bonds is 5. The van der Waals surface area contributed by atoms with Gasteiger partial charge in [0.1, 0.15) is 5.82 Å². The fourth-order valence-corrected chi connectivity index (χ4v) is 3.57. The smallest absolute Gasteiger partial charge is 0.254 e. The Bertz CT molecular complexity index is 798. The van der Waals surface area contributed by atoms with Crippen LogP contribution in [-0.4, -0.2) is 29.8 Å². The zero-order valence-electron chi connectivity index (χ0n) is 15.6. The molecule has 5 heteroatoms. The van der Waals surface area contributed by atoms with E-state index in [1.165, 1.54) is 18.6 Å². The Hall–Kier alpha value is -2.69. The predicted octanol–water partition coefficient (Wildman–Crippen LogP) is 4.16. The minimum Gasteiger partial charge on any atom is -0.348 e. The molecule has 0 heterocycles. The van der Waals surface area contributed by atoms with E-state index in [9.17, 15) is 14.0 Å². The summed E-state index contributed by atoms with van der Waals surface area (Å²) in [5, 5.41) is 2.82. The first kappa shape index (κ1) is 19.1. The highest BCUT2D eigenvalue weighted by Crippen LogP contribution is 2.23. The number of halogens is 1. The Balaban J connectivity index is 1.71. The molecule has 2 aromatic carbocycles. The van der Waals surface area contributed by atoms with E-state index in [4.69, 9.17) is 0 Å². The summed E-state index contributed by atoms with van der Waals surface area (Å²) in [5.74, 6) is -0.735. The molecule has 4 nitrogen and oxygen atoms in total. The topological polar surface area (TPSA) is 49.4 Å². The summed E-state index contributed by atoms with van der Waals surface area (Å²) >= 11 is 0. The summed E-state index contributed by atoms with van der Waals surface area (Å²) in [6.45, 7) is 0.278. The third-order valence-corrected chi connectivity index (χ3v) is 5.21. The van der Waals surface area contributed by atoms with Crippen LogP contribution in [0, 0.1) is 5.82 Å². The van der Waals surface area contributed by atoms with E-state index < -0.39 is 0 Å². The summed E-state index contributed by atoms with van der Waals surface area (Å²) in [4.78, 5) is 27.4. The van der Waals surface area contributed by atoms with Crippen molar-refractivity contribution in [2.75, 3.05) is 7.05 Å². The van der Waals surface area contributed by atoms with Gasteiger partial charge in [0.2, 0.25) is 0 Å². The van der Waals surface area contributed by atoms with Gasteiger partial charge < -0.3 is 10.2 Å². The molecule has 0 aliphatic heterocycles. The van der Waals surface area contributed by atoms with Crippen molar-refractivity contribution in [3.8, 4) is 0 Å². The van der Waals surface area contributed by atoms with E-state index in [-0.39, 0.29) is 30.2 Å². The van der Waals surface area contributed by atoms with Gasteiger partial charge in [0, 0.05) is 19.6 Å². The van der Waals surface area contributed by atoms with E-state index in [1.807, 2.05) is 7.05 Å². The number of nitrogens with one attached hydrogen (secondary N) is 1. The van der Waals surface area contributed by atoms with Gasteiger partial charge in [0.15, 0.2) is 0 Å². The molecule has 1 N–H and O–H groups in total. The molecule has 1 aliphatic carbocycles. The quantitative estimate of drug-likeness (QED) is 0.861. The van der Waals surface area contributed by atoms with Gasteiger partial charge in [-0.15, -0.1) is 0 Å². The molecule has 0 saturated heterocycles. The monoisotopic (exact) mass is 368 g/mol. The zero-order valence-corrected chi connectivity index (χ0v) is 15.6. The van der Waals surface area contributed by atoms with Gasteiger partial charge in [0.05, 0.1) is 11.1 Å². The molecular formula is C22H25FN2O2. The van der Waals surface area contributed by atoms with E-state index in [0.717, 1.165) is 31.2 Å². The van der Waals surface area contributed by atoms with Crippen molar-refractivity contribution in [3.63, 3.8) is 0 Å². The van der Waals surface area contributed by atoms with Crippen molar-refractivity contribution < 1.29 is 14.0 Å². The Morgan fingerprint density at radius 2 is 1.63 bits per heavy atom. The number of hydrogen-bond acceptors (Lipinski definition) is 2. The fraction of sp³-hybridized carbons (Fsp3) is 0.364. The SMILES string of the molecule is CN(C(=O)c1ccccc1C(=O)NCc1ccc(F)cc1)C1CCCCC1. The van der Waals surface area contributed by atoms with Gasteiger partial charge in [-0.3, -0.25) is 9.59 Å². The van der Waals surface area contributed by atoms with Gasteiger partial charge in [0.25, 0.3) is 11.8 Å². The highest BCUT2D eigenvalue weighted by atomic mass is 19.1. The molecule has 0 atom stereocenters. The standard InChI is InChI=1S/C22H25FN2O2/c1-25(18-7-3-2-4-8-18)22(27)20-10-6-5-9-19(20)21(26)24-15-16-11-13-17(23)14-12-16/h5-6,9-14,18H,2-4,7-8,15H2,1H3,(H,24,26). The molecule has 1 fully saturated rings. The van der Waals surface area contributed by atoms with Gasteiger partial charge in [-0.1, -0.05) is 43.5 Å². The van der Waals surface area contributed by atoms with Crippen LogP contribution in [-0.2, 0) is 6.54 Å². The first-order valence-corrected chi connectivity index (χ1v) is 9.45.